The molecule has 2 aromatic heterocycles. The second-order valence-corrected chi connectivity index (χ2v) is 10.1. The summed E-state index contributed by atoms with van der Waals surface area (Å²) in [6, 6.07) is 15.0. The average Bonchev–Trinajstić information content (AvgIpc) is 3.58. The van der Waals surface area contributed by atoms with Crippen molar-refractivity contribution in [1.29, 1.82) is 0 Å². The SMILES string of the molecule is COc1cc(N2CCC(N3CCCC3)CC2)c(N)cc1Nc1nccc(-c2cn(C)c3ccccc23)n1. The summed E-state index contributed by atoms with van der Waals surface area (Å²) < 4.78 is 7.89. The molecule has 6 rings (SSSR count). The zero-order chi connectivity index (χ0) is 25.4. The second-order valence-electron chi connectivity index (χ2n) is 10.1. The molecule has 0 spiro atoms. The van der Waals surface area contributed by atoms with Crippen molar-refractivity contribution in [3.05, 3.63) is 54.9 Å². The molecule has 0 aliphatic carbocycles. The van der Waals surface area contributed by atoms with E-state index in [0.717, 1.165) is 52.5 Å². The molecule has 2 fully saturated rings. The van der Waals surface area contributed by atoms with E-state index in [1.807, 2.05) is 18.2 Å². The van der Waals surface area contributed by atoms with Crippen LogP contribution in [0.15, 0.2) is 54.9 Å². The van der Waals surface area contributed by atoms with E-state index >= 15 is 0 Å². The number of likely N-dealkylation sites (tertiary alicyclic amines) is 1. The van der Waals surface area contributed by atoms with Crippen LogP contribution in [0.1, 0.15) is 25.7 Å². The molecule has 8 heteroatoms. The molecule has 192 valence electrons. The maximum Gasteiger partial charge on any atom is 0.227 e. The first-order valence-corrected chi connectivity index (χ1v) is 13.2. The highest BCUT2D eigenvalue weighted by Gasteiger charge is 2.27. The van der Waals surface area contributed by atoms with Gasteiger partial charge in [-0.25, -0.2) is 9.97 Å². The van der Waals surface area contributed by atoms with Gasteiger partial charge < -0.3 is 30.2 Å². The van der Waals surface area contributed by atoms with Crippen molar-refractivity contribution < 1.29 is 4.74 Å². The predicted octanol–water partition coefficient (Wildman–Crippen LogP) is 5.03. The molecule has 3 N–H and O–H groups in total. The molecule has 0 atom stereocenters. The van der Waals surface area contributed by atoms with Gasteiger partial charge in [0.1, 0.15) is 5.75 Å². The smallest absolute Gasteiger partial charge is 0.227 e. The highest BCUT2D eigenvalue weighted by molar-refractivity contribution is 5.95. The highest BCUT2D eigenvalue weighted by Crippen LogP contribution is 2.38. The van der Waals surface area contributed by atoms with E-state index in [1.54, 1.807) is 13.3 Å². The number of nitrogens with two attached hydrogens (primary N) is 1. The summed E-state index contributed by atoms with van der Waals surface area (Å²) in [5.41, 5.74) is 12.2. The van der Waals surface area contributed by atoms with Gasteiger partial charge in [0, 0.05) is 61.1 Å². The Morgan fingerprint density at radius 2 is 1.81 bits per heavy atom. The minimum Gasteiger partial charge on any atom is -0.494 e. The van der Waals surface area contributed by atoms with Gasteiger partial charge in [-0.2, -0.15) is 0 Å². The molecule has 8 nitrogen and oxygen atoms in total. The first-order chi connectivity index (χ1) is 18.1. The molecule has 4 heterocycles. The van der Waals surface area contributed by atoms with Gasteiger partial charge in [0.15, 0.2) is 0 Å². The number of rotatable bonds is 6. The van der Waals surface area contributed by atoms with Gasteiger partial charge >= 0.3 is 0 Å². The second kappa shape index (κ2) is 9.94. The Hall–Kier alpha value is -3.78. The van der Waals surface area contributed by atoms with E-state index in [9.17, 15) is 0 Å². The fourth-order valence-corrected chi connectivity index (χ4v) is 5.94. The Morgan fingerprint density at radius 1 is 1.03 bits per heavy atom. The highest BCUT2D eigenvalue weighted by atomic mass is 16.5. The van der Waals surface area contributed by atoms with E-state index in [4.69, 9.17) is 15.5 Å². The van der Waals surface area contributed by atoms with Crippen molar-refractivity contribution in [2.75, 3.05) is 49.2 Å². The van der Waals surface area contributed by atoms with Crippen LogP contribution >= 0.6 is 0 Å². The van der Waals surface area contributed by atoms with Crippen LogP contribution in [-0.4, -0.2) is 58.8 Å². The molecule has 2 aliphatic heterocycles. The third-order valence-electron chi connectivity index (χ3n) is 7.89. The van der Waals surface area contributed by atoms with E-state index in [0.29, 0.717) is 12.0 Å². The lowest BCUT2D eigenvalue weighted by molar-refractivity contribution is 0.208. The molecule has 2 aromatic carbocycles. The predicted molar refractivity (Wildman–Crippen MR) is 151 cm³/mol. The Morgan fingerprint density at radius 3 is 2.59 bits per heavy atom. The standard InChI is InChI=1S/C29H35N7O/c1-34-19-22(21-7-3-4-8-26(21)34)24-9-12-31-29(32-24)33-25-17-23(30)27(18-28(25)37-2)36-15-10-20(11-16-36)35-13-5-6-14-35/h3-4,7-9,12,17-20H,5-6,10-11,13-16,30H2,1-2H3,(H,31,32,33). The number of aryl methyl sites for hydroxylation is 1. The minimum absolute atomic E-state index is 0.502. The number of aromatic nitrogens is 3. The fourth-order valence-electron chi connectivity index (χ4n) is 5.94. The van der Waals surface area contributed by atoms with Crippen molar-refractivity contribution >= 4 is 33.9 Å². The molecule has 37 heavy (non-hydrogen) atoms. The van der Waals surface area contributed by atoms with Crippen LogP contribution in [0, 0.1) is 0 Å². The largest absolute Gasteiger partial charge is 0.494 e. The monoisotopic (exact) mass is 497 g/mol. The van der Waals surface area contributed by atoms with Gasteiger partial charge in [-0.15, -0.1) is 0 Å². The molecule has 0 amide bonds. The molecular formula is C29H35N7O. The van der Waals surface area contributed by atoms with Crippen LogP contribution in [0.2, 0.25) is 0 Å². The summed E-state index contributed by atoms with van der Waals surface area (Å²) in [4.78, 5) is 14.4. The summed E-state index contributed by atoms with van der Waals surface area (Å²) in [6.07, 6.45) is 8.92. The quantitative estimate of drug-likeness (QED) is 0.361. The Labute approximate surface area is 218 Å². The maximum atomic E-state index is 6.58. The third-order valence-corrected chi connectivity index (χ3v) is 7.89. The number of piperidine rings is 1. The number of ether oxygens (including phenoxy) is 1. The Kier molecular flexibility index (Phi) is 6.34. The van der Waals surface area contributed by atoms with Crippen molar-refractivity contribution in [2.45, 2.75) is 31.7 Å². The van der Waals surface area contributed by atoms with E-state index < -0.39 is 0 Å². The van der Waals surface area contributed by atoms with Crippen LogP contribution < -0.4 is 20.7 Å². The molecule has 0 unspecified atom stereocenters. The number of fused-ring (bicyclic) bond motifs is 1. The van der Waals surface area contributed by atoms with Crippen LogP contribution in [0.4, 0.5) is 23.0 Å². The van der Waals surface area contributed by atoms with Gasteiger partial charge in [0.25, 0.3) is 0 Å². The lowest BCUT2D eigenvalue weighted by Gasteiger charge is -2.38. The fraction of sp³-hybridized carbons (Fsp3) is 0.379. The zero-order valence-corrected chi connectivity index (χ0v) is 21.7. The van der Waals surface area contributed by atoms with Crippen LogP contribution in [0.25, 0.3) is 22.2 Å². The zero-order valence-electron chi connectivity index (χ0n) is 21.7. The van der Waals surface area contributed by atoms with E-state index in [-0.39, 0.29) is 0 Å². The molecular weight excluding hydrogens is 462 g/mol. The van der Waals surface area contributed by atoms with Gasteiger partial charge in [0.05, 0.1) is 29.9 Å². The number of benzene rings is 2. The minimum atomic E-state index is 0.502. The van der Waals surface area contributed by atoms with Crippen molar-refractivity contribution in [3.63, 3.8) is 0 Å². The van der Waals surface area contributed by atoms with Gasteiger partial charge in [-0.1, -0.05) is 18.2 Å². The number of hydrogen-bond acceptors (Lipinski definition) is 7. The van der Waals surface area contributed by atoms with Crippen LogP contribution in [0.3, 0.4) is 0 Å². The van der Waals surface area contributed by atoms with Gasteiger partial charge in [-0.05, 0) is 57.0 Å². The van der Waals surface area contributed by atoms with Crippen molar-refractivity contribution in [2.24, 2.45) is 7.05 Å². The third kappa shape index (κ3) is 4.57. The van der Waals surface area contributed by atoms with Crippen molar-refractivity contribution in [1.82, 2.24) is 19.4 Å². The number of nitrogen functional groups attached to an aromatic ring is 1. The molecule has 4 aromatic rings. The van der Waals surface area contributed by atoms with E-state index in [1.165, 1.54) is 44.3 Å². The summed E-state index contributed by atoms with van der Waals surface area (Å²) in [5, 5.41) is 4.51. The molecule has 2 aliphatic rings. The van der Waals surface area contributed by atoms with Gasteiger partial charge in [0.2, 0.25) is 5.95 Å². The summed E-state index contributed by atoms with van der Waals surface area (Å²) in [5.74, 6) is 1.23. The van der Waals surface area contributed by atoms with Crippen LogP contribution in [0.5, 0.6) is 5.75 Å². The normalized spacial score (nSPS) is 17.0. The first-order valence-electron chi connectivity index (χ1n) is 13.2. The summed E-state index contributed by atoms with van der Waals surface area (Å²) in [6.45, 7) is 4.53. The average molecular weight is 498 g/mol. The number of anilines is 4. The first kappa shape index (κ1) is 23.6. The van der Waals surface area contributed by atoms with Crippen LogP contribution in [-0.2, 0) is 7.05 Å². The summed E-state index contributed by atoms with van der Waals surface area (Å²) in [7, 11) is 3.74. The number of hydrogen-bond donors (Lipinski definition) is 2. The topological polar surface area (TPSA) is 84.5 Å². The molecule has 2 saturated heterocycles. The number of methoxy groups -OCH3 is 1. The molecule has 0 saturated carbocycles. The lowest BCUT2D eigenvalue weighted by Crippen LogP contribution is -2.44. The number of nitrogens with zero attached hydrogens (tertiary/aromatic N) is 5. The van der Waals surface area contributed by atoms with E-state index in [2.05, 4.69) is 62.2 Å². The van der Waals surface area contributed by atoms with Gasteiger partial charge in [-0.3, -0.25) is 0 Å². The maximum absolute atomic E-state index is 6.58. The molecule has 0 radical (unpaired) electrons. The van der Waals surface area contributed by atoms with Crippen molar-refractivity contribution in [3.8, 4) is 17.0 Å². The summed E-state index contributed by atoms with van der Waals surface area (Å²) >= 11 is 0. The Balaban J connectivity index is 1.23. The number of para-hydroxylation sites is 1. The lowest BCUT2D eigenvalue weighted by atomic mass is 10.0. The molecule has 0 bridgehead atoms. The number of nitrogens with one attached hydrogen (secondary N) is 1. The Bertz CT molecular complexity index is 1400.